The summed E-state index contributed by atoms with van der Waals surface area (Å²) in [6.45, 7) is -0.637. The summed E-state index contributed by atoms with van der Waals surface area (Å²) in [5, 5.41) is 8.35. The van der Waals surface area contributed by atoms with Crippen molar-refractivity contribution in [1.82, 2.24) is 4.72 Å². The highest BCUT2D eigenvalue weighted by Crippen LogP contribution is 2.34. The van der Waals surface area contributed by atoms with Crippen LogP contribution in [0.5, 0.6) is 0 Å². The van der Waals surface area contributed by atoms with Crippen LogP contribution in [0.1, 0.15) is 0 Å². The van der Waals surface area contributed by atoms with Crippen molar-refractivity contribution in [3.63, 3.8) is 0 Å². The van der Waals surface area contributed by atoms with Crippen LogP contribution in [-0.4, -0.2) is 26.0 Å². The standard InChI is InChI=1S/C6H5Br2NO4S2/c7-4-1-3(6(8)14-4)15(12,13)9-2-5(10)11/h1,9H,2H2,(H,10,11). The SMILES string of the molecule is O=C(O)CNS(=O)(=O)c1cc(Br)sc1Br. The van der Waals surface area contributed by atoms with Gasteiger partial charge in [-0.05, 0) is 37.9 Å². The van der Waals surface area contributed by atoms with E-state index < -0.39 is 22.5 Å². The molecule has 2 N–H and O–H groups in total. The average Bonchev–Trinajstić information content (AvgIpc) is 2.43. The van der Waals surface area contributed by atoms with E-state index >= 15 is 0 Å². The Morgan fingerprint density at radius 2 is 2.13 bits per heavy atom. The number of carboxylic acid groups (broad SMARTS) is 1. The molecule has 84 valence electrons. The number of hydrogen-bond donors (Lipinski definition) is 2. The fourth-order valence-electron chi connectivity index (χ4n) is 0.743. The molecule has 0 aliphatic carbocycles. The predicted molar refractivity (Wildman–Crippen MR) is 62.5 cm³/mol. The van der Waals surface area contributed by atoms with Gasteiger partial charge in [0, 0.05) is 0 Å². The highest BCUT2D eigenvalue weighted by molar-refractivity contribution is 9.12. The van der Waals surface area contributed by atoms with Gasteiger partial charge in [-0.2, -0.15) is 4.72 Å². The number of rotatable bonds is 4. The maximum atomic E-state index is 11.6. The van der Waals surface area contributed by atoms with E-state index in [1.54, 1.807) is 0 Å². The van der Waals surface area contributed by atoms with Crippen LogP contribution in [0.4, 0.5) is 0 Å². The minimum Gasteiger partial charge on any atom is -0.480 e. The van der Waals surface area contributed by atoms with E-state index in [0.717, 1.165) is 0 Å². The Bertz CT molecular complexity index is 481. The van der Waals surface area contributed by atoms with Gasteiger partial charge in [-0.1, -0.05) is 0 Å². The van der Waals surface area contributed by atoms with Gasteiger partial charge >= 0.3 is 5.97 Å². The topological polar surface area (TPSA) is 83.5 Å². The van der Waals surface area contributed by atoms with E-state index in [-0.39, 0.29) is 4.90 Å². The molecule has 0 radical (unpaired) electrons. The molecule has 15 heavy (non-hydrogen) atoms. The molecule has 5 nitrogen and oxygen atoms in total. The minimum absolute atomic E-state index is 0.0284. The number of carboxylic acids is 1. The fourth-order valence-corrected chi connectivity index (χ4v) is 5.53. The van der Waals surface area contributed by atoms with Crippen LogP contribution >= 0.6 is 43.2 Å². The molecule has 0 bridgehead atoms. The lowest BCUT2D eigenvalue weighted by atomic mass is 10.7. The Morgan fingerprint density at radius 3 is 2.53 bits per heavy atom. The molecule has 0 unspecified atom stereocenters. The highest BCUT2D eigenvalue weighted by atomic mass is 79.9. The summed E-state index contributed by atoms with van der Waals surface area (Å²) in [4.78, 5) is 10.3. The smallest absolute Gasteiger partial charge is 0.318 e. The van der Waals surface area contributed by atoms with E-state index in [1.165, 1.54) is 17.4 Å². The van der Waals surface area contributed by atoms with E-state index in [4.69, 9.17) is 5.11 Å². The van der Waals surface area contributed by atoms with Crippen molar-refractivity contribution >= 4 is 59.2 Å². The second kappa shape index (κ2) is 4.91. The zero-order valence-corrected chi connectivity index (χ0v) is 11.8. The van der Waals surface area contributed by atoms with Gasteiger partial charge in [0.25, 0.3) is 0 Å². The molecular weight excluding hydrogens is 374 g/mol. The molecule has 0 fully saturated rings. The van der Waals surface area contributed by atoms with Crippen LogP contribution < -0.4 is 4.72 Å². The molecule has 1 aromatic rings. The van der Waals surface area contributed by atoms with E-state index in [2.05, 4.69) is 31.9 Å². The van der Waals surface area contributed by atoms with E-state index in [9.17, 15) is 13.2 Å². The summed E-state index contributed by atoms with van der Waals surface area (Å²) >= 11 is 7.41. The second-order valence-electron chi connectivity index (χ2n) is 2.41. The quantitative estimate of drug-likeness (QED) is 0.834. The van der Waals surface area contributed by atoms with Crippen molar-refractivity contribution in [2.24, 2.45) is 0 Å². The van der Waals surface area contributed by atoms with Gasteiger partial charge in [0.05, 0.1) is 7.57 Å². The Hall–Kier alpha value is 0.0400. The van der Waals surface area contributed by atoms with Crippen LogP contribution in [0.25, 0.3) is 0 Å². The van der Waals surface area contributed by atoms with Crippen molar-refractivity contribution in [3.05, 3.63) is 13.6 Å². The van der Waals surface area contributed by atoms with Crippen LogP contribution in [0.15, 0.2) is 18.5 Å². The first-order valence-electron chi connectivity index (χ1n) is 3.49. The molecule has 1 heterocycles. The van der Waals surface area contributed by atoms with Crippen LogP contribution in [0, 0.1) is 0 Å². The molecular formula is C6H5Br2NO4S2. The van der Waals surface area contributed by atoms with Crippen molar-refractivity contribution in [2.45, 2.75) is 4.90 Å². The van der Waals surface area contributed by atoms with Crippen LogP contribution in [-0.2, 0) is 14.8 Å². The molecule has 0 amide bonds. The van der Waals surface area contributed by atoms with Crippen molar-refractivity contribution in [1.29, 1.82) is 0 Å². The Labute approximate surface area is 107 Å². The molecule has 0 saturated heterocycles. The second-order valence-corrected chi connectivity index (χ2v) is 7.89. The third kappa shape index (κ3) is 3.52. The van der Waals surface area contributed by atoms with Gasteiger partial charge in [0.2, 0.25) is 10.0 Å². The van der Waals surface area contributed by atoms with E-state index in [1.807, 2.05) is 4.72 Å². The number of nitrogens with one attached hydrogen (secondary N) is 1. The Balaban J connectivity index is 2.96. The van der Waals surface area contributed by atoms with E-state index in [0.29, 0.717) is 7.57 Å². The number of halogens is 2. The molecule has 0 spiro atoms. The van der Waals surface area contributed by atoms with Crippen LogP contribution in [0.3, 0.4) is 0 Å². The molecule has 1 rings (SSSR count). The largest absolute Gasteiger partial charge is 0.480 e. The van der Waals surface area contributed by atoms with Gasteiger partial charge in [-0.15, -0.1) is 11.3 Å². The third-order valence-electron chi connectivity index (χ3n) is 1.33. The summed E-state index contributed by atoms with van der Waals surface area (Å²) in [5.41, 5.74) is 0. The first-order chi connectivity index (χ1) is 6.83. The zero-order valence-electron chi connectivity index (χ0n) is 7.03. The van der Waals surface area contributed by atoms with Crippen molar-refractivity contribution in [3.8, 4) is 0 Å². The van der Waals surface area contributed by atoms with Crippen LogP contribution in [0.2, 0.25) is 0 Å². The van der Waals surface area contributed by atoms with Crippen molar-refractivity contribution < 1.29 is 18.3 Å². The molecule has 0 aliphatic heterocycles. The molecule has 0 aliphatic rings. The summed E-state index contributed by atoms with van der Waals surface area (Å²) in [6.07, 6.45) is 0. The third-order valence-corrected chi connectivity index (χ3v) is 5.48. The number of carbonyl (C=O) groups is 1. The van der Waals surface area contributed by atoms with Gasteiger partial charge in [-0.25, -0.2) is 8.42 Å². The van der Waals surface area contributed by atoms with Gasteiger partial charge in [0.1, 0.15) is 11.4 Å². The normalized spacial score (nSPS) is 11.6. The number of hydrogen-bond acceptors (Lipinski definition) is 4. The Morgan fingerprint density at radius 1 is 1.53 bits per heavy atom. The zero-order chi connectivity index (χ0) is 11.6. The number of aliphatic carboxylic acids is 1. The lowest BCUT2D eigenvalue weighted by Gasteiger charge is -2.02. The molecule has 0 aromatic carbocycles. The molecule has 9 heteroatoms. The first-order valence-corrected chi connectivity index (χ1v) is 7.38. The predicted octanol–water partition coefficient (Wildman–Crippen LogP) is 1.64. The maximum absolute atomic E-state index is 11.6. The number of sulfonamides is 1. The highest BCUT2D eigenvalue weighted by Gasteiger charge is 2.20. The molecule has 0 atom stereocenters. The maximum Gasteiger partial charge on any atom is 0.318 e. The van der Waals surface area contributed by atoms with Gasteiger partial charge in [0.15, 0.2) is 0 Å². The minimum atomic E-state index is -3.76. The average molecular weight is 379 g/mol. The van der Waals surface area contributed by atoms with Gasteiger partial charge < -0.3 is 5.11 Å². The summed E-state index contributed by atoms with van der Waals surface area (Å²) < 4.78 is 26.1. The monoisotopic (exact) mass is 377 g/mol. The molecule has 0 saturated carbocycles. The lowest BCUT2D eigenvalue weighted by molar-refractivity contribution is -0.135. The lowest BCUT2D eigenvalue weighted by Crippen LogP contribution is -2.29. The summed E-state index contributed by atoms with van der Waals surface area (Å²) in [6, 6.07) is 1.40. The summed E-state index contributed by atoms with van der Waals surface area (Å²) in [7, 11) is -3.76. The fraction of sp³-hybridized carbons (Fsp3) is 0.167. The molecule has 1 aromatic heterocycles. The van der Waals surface area contributed by atoms with Gasteiger partial charge in [-0.3, -0.25) is 4.79 Å². The van der Waals surface area contributed by atoms with Crippen molar-refractivity contribution in [2.75, 3.05) is 6.54 Å². The first kappa shape index (κ1) is 13.1. The number of thiophene rings is 1. The Kier molecular flexibility index (Phi) is 4.29. The summed E-state index contributed by atoms with van der Waals surface area (Å²) in [5.74, 6) is -1.23.